The van der Waals surface area contributed by atoms with Crippen LogP contribution in [0.3, 0.4) is 0 Å². The molecular formula is C29H32FN3O6S. The molecule has 0 radical (unpaired) electrons. The van der Waals surface area contributed by atoms with Crippen LogP contribution >= 0.6 is 0 Å². The smallest absolute Gasteiger partial charge is 0.261 e. The van der Waals surface area contributed by atoms with Gasteiger partial charge in [0.2, 0.25) is 5.91 Å². The Bertz CT molecular complexity index is 1380. The molecule has 3 aromatic rings. The lowest BCUT2D eigenvalue weighted by Gasteiger charge is -2.29. The molecule has 9 nitrogen and oxygen atoms in total. The fourth-order valence-corrected chi connectivity index (χ4v) is 5.26. The molecule has 212 valence electrons. The summed E-state index contributed by atoms with van der Waals surface area (Å²) in [6, 6.07) is 19.1. The van der Waals surface area contributed by atoms with Gasteiger partial charge in [-0.05, 0) is 73.9 Å². The normalized spacial score (nSPS) is 15.7. The zero-order chi connectivity index (χ0) is 28.5. The average molecular weight is 570 g/mol. The highest BCUT2D eigenvalue weighted by molar-refractivity contribution is 7.92. The average Bonchev–Trinajstić information content (AvgIpc) is 3.49. The van der Waals surface area contributed by atoms with Gasteiger partial charge in [0.25, 0.3) is 15.9 Å². The van der Waals surface area contributed by atoms with E-state index in [9.17, 15) is 22.4 Å². The molecule has 0 aromatic heterocycles. The third-order valence-electron chi connectivity index (χ3n) is 6.48. The Balaban J connectivity index is 1.38. The molecule has 0 spiro atoms. The Labute approximate surface area is 233 Å². The molecule has 1 heterocycles. The van der Waals surface area contributed by atoms with Gasteiger partial charge >= 0.3 is 0 Å². The molecule has 0 aliphatic carbocycles. The first-order chi connectivity index (χ1) is 19.2. The number of benzene rings is 3. The Morgan fingerprint density at radius 3 is 2.40 bits per heavy atom. The summed E-state index contributed by atoms with van der Waals surface area (Å²) in [5.41, 5.74) is 1.08. The van der Waals surface area contributed by atoms with E-state index in [0.29, 0.717) is 13.2 Å². The molecule has 1 fully saturated rings. The van der Waals surface area contributed by atoms with E-state index >= 15 is 0 Å². The minimum atomic E-state index is -3.91. The van der Waals surface area contributed by atoms with Crippen molar-refractivity contribution in [1.82, 2.24) is 10.2 Å². The van der Waals surface area contributed by atoms with Crippen molar-refractivity contribution in [1.29, 1.82) is 0 Å². The van der Waals surface area contributed by atoms with E-state index in [1.807, 2.05) is 30.3 Å². The minimum Gasteiger partial charge on any atom is -0.484 e. The summed E-state index contributed by atoms with van der Waals surface area (Å²) in [6.07, 6.45) is 1.83. The number of hydrogen-bond donors (Lipinski definition) is 2. The first kappa shape index (κ1) is 29.0. The predicted molar refractivity (Wildman–Crippen MR) is 148 cm³/mol. The Kier molecular flexibility index (Phi) is 9.73. The summed E-state index contributed by atoms with van der Waals surface area (Å²) >= 11 is 0. The van der Waals surface area contributed by atoms with Gasteiger partial charge < -0.3 is 19.7 Å². The van der Waals surface area contributed by atoms with Crippen LogP contribution in [-0.2, 0) is 30.9 Å². The van der Waals surface area contributed by atoms with Crippen molar-refractivity contribution in [3.63, 3.8) is 0 Å². The molecule has 1 aliphatic heterocycles. The van der Waals surface area contributed by atoms with E-state index in [1.54, 1.807) is 6.92 Å². The molecule has 0 unspecified atom stereocenters. The molecule has 40 heavy (non-hydrogen) atoms. The van der Waals surface area contributed by atoms with Crippen LogP contribution in [0.4, 0.5) is 10.1 Å². The maximum absolute atomic E-state index is 13.2. The third kappa shape index (κ3) is 8.03. The van der Waals surface area contributed by atoms with Gasteiger partial charge in [0.05, 0.1) is 11.0 Å². The molecule has 11 heteroatoms. The van der Waals surface area contributed by atoms with Gasteiger partial charge in [-0.3, -0.25) is 14.3 Å². The molecule has 4 rings (SSSR count). The van der Waals surface area contributed by atoms with Crippen molar-refractivity contribution < 1.29 is 31.9 Å². The summed E-state index contributed by atoms with van der Waals surface area (Å²) in [4.78, 5) is 27.6. The summed E-state index contributed by atoms with van der Waals surface area (Å²) in [5.74, 6) is -0.888. The number of sulfonamides is 1. The standard InChI is InChI=1S/C29H32FN3O6S/c1-21(29(35)31-18-26-8-5-17-38-26)33(19-22-6-3-2-4-7-22)28(34)20-39-25-13-15-27(16-14-25)40(36,37)32-24-11-9-23(30)10-12-24/h2-4,6-7,9-16,21,26,32H,5,8,17-20H2,1H3,(H,31,35)/t21-,26+/m1/s1. The molecular weight excluding hydrogens is 537 g/mol. The van der Waals surface area contributed by atoms with E-state index < -0.39 is 27.8 Å². The second-order valence-corrected chi connectivity index (χ2v) is 11.1. The topological polar surface area (TPSA) is 114 Å². The summed E-state index contributed by atoms with van der Waals surface area (Å²) in [7, 11) is -3.91. The highest BCUT2D eigenvalue weighted by Gasteiger charge is 2.27. The number of nitrogens with one attached hydrogen (secondary N) is 2. The molecule has 3 aromatic carbocycles. The Morgan fingerprint density at radius 1 is 1.05 bits per heavy atom. The first-order valence-corrected chi connectivity index (χ1v) is 14.4. The lowest BCUT2D eigenvalue weighted by molar-refractivity contribution is -0.142. The summed E-state index contributed by atoms with van der Waals surface area (Å²) < 4.78 is 52.0. The quantitative estimate of drug-likeness (QED) is 0.344. The predicted octanol–water partition coefficient (Wildman–Crippen LogP) is 3.72. The van der Waals surface area contributed by atoms with Crippen molar-refractivity contribution in [2.75, 3.05) is 24.5 Å². The van der Waals surface area contributed by atoms with E-state index in [4.69, 9.17) is 9.47 Å². The molecule has 2 amide bonds. The van der Waals surface area contributed by atoms with E-state index in [2.05, 4.69) is 10.0 Å². The van der Waals surface area contributed by atoms with E-state index in [1.165, 1.54) is 41.3 Å². The lowest BCUT2D eigenvalue weighted by Crippen LogP contribution is -2.50. The molecule has 2 N–H and O–H groups in total. The second-order valence-electron chi connectivity index (χ2n) is 9.44. The van der Waals surface area contributed by atoms with Crippen LogP contribution in [0.15, 0.2) is 83.8 Å². The van der Waals surface area contributed by atoms with Crippen LogP contribution in [0.5, 0.6) is 5.75 Å². The number of amides is 2. The van der Waals surface area contributed by atoms with Gasteiger partial charge in [-0.25, -0.2) is 12.8 Å². The number of carbonyl (C=O) groups excluding carboxylic acids is 2. The van der Waals surface area contributed by atoms with Crippen molar-refractivity contribution in [3.05, 3.63) is 90.2 Å². The minimum absolute atomic E-state index is 0.0181. The van der Waals surface area contributed by atoms with Crippen LogP contribution in [-0.4, -0.2) is 57.0 Å². The number of carbonyl (C=O) groups is 2. The van der Waals surface area contributed by atoms with Crippen LogP contribution < -0.4 is 14.8 Å². The zero-order valence-corrected chi connectivity index (χ0v) is 22.9. The molecule has 1 saturated heterocycles. The molecule has 2 atom stereocenters. The van der Waals surface area contributed by atoms with Crippen LogP contribution in [0.1, 0.15) is 25.3 Å². The fourth-order valence-electron chi connectivity index (χ4n) is 4.21. The first-order valence-electron chi connectivity index (χ1n) is 13.0. The summed E-state index contributed by atoms with van der Waals surface area (Å²) in [6.45, 7) is 2.60. The van der Waals surface area contributed by atoms with Crippen molar-refractivity contribution >= 4 is 27.5 Å². The Hall–Kier alpha value is -3.96. The Morgan fingerprint density at radius 2 is 1.75 bits per heavy atom. The van der Waals surface area contributed by atoms with Gasteiger partial charge in [0.15, 0.2) is 6.61 Å². The highest BCUT2D eigenvalue weighted by atomic mass is 32.2. The van der Waals surface area contributed by atoms with Crippen LogP contribution in [0.25, 0.3) is 0 Å². The van der Waals surface area contributed by atoms with Crippen LogP contribution in [0.2, 0.25) is 0 Å². The van der Waals surface area contributed by atoms with Gasteiger partial charge in [-0.2, -0.15) is 0 Å². The van der Waals surface area contributed by atoms with E-state index in [0.717, 1.165) is 30.5 Å². The molecule has 1 aliphatic rings. The van der Waals surface area contributed by atoms with E-state index in [-0.39, 0.29) is 41.5 Å². The monoisotopic (exact) mass is 569 g/mol. The number of rotatable bonds is 12. The summed E-state index contributed by atoms with van der Waals surface area (Å²) in [5, 5.41) is 2.88. The van der Waals surface area contributed by atoms with Gasteiger partial charge in [0.1, 0.15) is 17.6 Å². The maximum atomic E-state index is 13.2. The van der Waals surface area contributed by atoms with Crippen molar-refractivity contribution in [2.24, 2.45) is 0 Å². The SMILES string of the molecule is C[C@H](C(=O)NC[C@@H]1CCCO1)N(Cc1ccccc1)C(=O)COc1ccc(S(=O)(=O)Nc2ccc(F)cc2)cc1. The molecule has 0 bridgehead atoms. The van der Waals surface area contributed by atoms with Crippen LogP contribution in [0, 0.1) is 5.82 Å². The van der Waals surface area contributed by atoms with Crippen molar-refractivity contribution in [2.45, 2.75) is 43.4 Å². The van der Waals surface area contributed by atoms with Gasteiger partial charge in [0, 0.05) is 25.4 Å². The maximum Gasteiger partial charge on any atom is 0.261 e. The van der Waals surface area contributed by atoms with Crippen molar-refractivity contribution in [3.8, 4) is 5.75 Å². The number of ether oxygens (including phenoxy) is 2. The number of hydrogen-bond acceptors (Lipinski definition) is 6. The molecule has 0 saturated carbocycles. The lowest BCUT2D eigenvalue weighted by atomic mass is 10.1. The van der Waals surface area contributed by atoms with Gasteiger partial charge in [-0.15, -0.1) is 0 Å². The highest BCUT2D eigenvalue weighted by Crippen LogP contribution is 2.20. The number of anilines is 1. The fraction of sp³-hybridized carbons (Fsp3) is 0.310. The van der Waals surface area contributed by atoms with Gasteiger partial charge in [-0.1, -0.05) is 30.3 Å². The second kappa shape index (κ2) is 13.4. The number of nitrogens with zero attached hydrogens (tertiary/aromatic N) is 1. The number of halogens is 1. The third-order valence-corrected chi connectivity index (χ3v) is 7.88. The largest absolute Gasteiger partial charge is 0.484 e. The zero-order valence-electron chi connectivity index (χ0n) is 22.1.